The highest BCUT2D eigenvalue weighted by Gasteiger charge is 2.24. The van der Waals surface area contributed by atoms with E-state index in [0.29, 0.717) is 12.1 Å². The van der Waals surface area contributed by atoms with E-state index in [4.69, 9.17) is 5.73 Å². The van der Waals surface area contributed by atoms with Gasteiger partial charge < -0.3 is 11.1 Å². The molecular formula is C13H19N3O2. The third-order valence-electron chi connectivity index (χ3n) is 2.87. The summed E-state index contributed by atoms with van der Waals surface area (Å²) in [5.41, 5.74) is 6.84. The molecule has 3 N–H and O–H groups in total. The van der Waals surface area contributed by atoms with Crippen LogP contribution in [0.15, 0.2) is 24.3 Å². The van der Waals surface area contributed by atoms with Crippen molar-refractivity contribution < 1.29 is 9.59 Å². The van der Waals surface area contributed by atoms with Gasteiger partial charge in [0.05, 0.1) is 0 Å². The zero-order valence-corrected chi connectivity index (χ0v) is 10.9. The van der Waals surface area contributed by atoms with Crippen LogP contribution in [-0.4, -0.2) is 23.0 Å². The van der Waals surface area contributed by atoms with Crippen LogP contribution in [0.2, 0.25) is 0 Å². The monoisotopic (exact) mass is 249 g/mol. The molecule has 0 aromatic heterocycles. The first-order valence-electron chi connectivity index (χ1n) is 5.92. The van der Waals surface area contributed by atoms with Gasteiger partial charge in [-0.3, -0.25) is 0 Å². The number of imide groups is 1. The fourth-order valence-electron chi connectivity index (χ4n) is 1.59. The van der Waals surface area contributed by atoms with Gasteiger partial charge in [0.15, 0.2) is 0 Å². The molecule has 0 fully saturated rings. The Balaban J connectivity index is 2.86. The van der Waals surface area contributed by atoms with E-state index in [9.17, 15) is 9.59 Å². The number of para-hydroxylation sites is 1. The summed E-state index contributed by atoms with van der Waals surface area (Å²) >= 11 is 0. The Hall–Kier alpha value is -2.04. The van der Waals surface area contributed by atoms with Crippen LogP contribution in [-0.2, 0) is 0 Å². The number of benzene rings is 1. The number of rotatable bonds is 3. The van der Waals surface area contributed by atoms with Crippen LogP contribution < -0.4 is 11.1 Å². The molecule has 4 amide bonds. The van der Waals surface area contributed by atoms with Crippen molar-refractivity contribution in [3.63, 3.8) is 0 Å². The average Bonchev–Trinajstić information content (AvgIpc) is 2.31. The van der Waals surface area contributed by atoms with Crippen LogP contribution in [0.3, 0.4) is 0 Å². The maximum atomic E-state index is 12.0. The van der Waals surface area contributed by atoms with Crippen molar-refractivity contribution in [1.29, 1.82) is 0 Å². The third kappa shape index (κ3) is 3.23. The standard InChI is InChI=1S/C13H19N3O2/c1-4-10(3)16(12(14)17)13(18)15-11-8-6-5-7-9(11)2/h5-8,10H,4H2,1-3H3,(H2,14,17)(H,15,18). The van der Waals surface area contributed by atoms with E-state index in [1.165, 1.54) is 0 Å². The normalized spacial score (nSPS) is 11.7. The summed E-state index contributed by atoms with van der Waals surface area (Å²) in [5, 5.41) is 2.69. The Labute approximate surface area is 107 Å². The topological polar surface area (TPSA) is 75.4 Å². The largest absolute Gasteiger partial charge is 0.351 e. The van der Waals surface area contributed by atoms with Crippen molar-refractivity contribution in [2.45, 2.75) is 33.2 Å². The molecule has 0 saturated heterocycles. The van der Waals surface area contributed by atoms with Crippen LogP contribution in [0.4, 0.5) is 15.3 Å². The molecule has 0 aliphatic heterocycles. The molecule has 1 rings (SSSR count). The van der Waals surface area contributed by atoms with Crippen LogP contribution in [0.5, 0.6) is 0 Å². The van der Waals surface area contributed by atoms with Gasteiger partial charge in [-0.05, 0) is 31.9 Å². The van der Waals surface area contributed by atoms with E-state index < -0.39 is 12.1 Å². The summed E-state index contributed by atoms with van der Waals surface area (Å²) in [6.45, 7) is 5.55. The number of nitrogens with two attached hydrogens (primary N) is 1. The molecule has 0 aliphatic rings. The maximum Gasteiger partial charge on any atom is 0.330 e. The number of nitrogens with zero attached hydrogens (tertiary/aromatic N) is 1. The van der Waals surface area contributed by atoms with E-state index in [0.717, 1.165) is 10.5 Å². The Morgan fingerprint density at radius 1 is 1.39 bits per heavy atom. The van der Waals surface area contributed by atoms with E-state index >= 15 is 0 Å². The summed E-state index contributed by atoms with van der Waals surface area (Å²) in [5.74, 6) is 0. The Morgan fingerprint density at radius 3 is 2.50 bits per heavy atom. The zero-order valence-electron chi connectivity index (χ0n) is 10.9. The van der Waals surface area contributed by atoms with Gasteiger partial charge in [0.1, 0.15) is 0 Å². The van der Waals surface area contributed by atoms with E-state index in [1.807, 2.05) is 32.0 Å². The molecule has 5 nitrogen and oxygen atoms in total. The third-order valence-corrected chi connectivity index (χ3v) is 2.87. The molecule has 5 heteroatoms. The van der Waals surface area contributed by atoms with Gasteiger partial charge in [-0.2, -0.15) is 0 Å². The second kappa shape index (κ2) is 6.05. The number of hydrogen-bond donors (Lipinski definition) is 2. The molecule has 0 radical (unpaired) electrons. The lowest BCUT2D eigenvalue weighted by Gasteiger charge is -2.25. The van der Waals surface area contributed by atoms with Crippen molar-refractivity contribution in [1.82, 2.24) is 4.90 Å². The smallest absolute Gasteiger partial charge is 0.330 e. The van der Waals surface area contributed by atoms with Crippen LogP contribution in [0, 0.1) is 6.92 Å². The summed E-state index contributed by atoms with van der Waals surface area (Å²) in [6, 6.07) is 5.90. The Morgan fingerprint density at radius 2 is 2.00 bits per heavy atom. The quantitative estimate of drug-likeness (QED) is 0.864. The second-order valence-corrected chi connectivity index (χ2v) is 4.21. The zero-order chi connectivity index (χ0) is 13.7. The summed E-state index contributed by atoms with van der Waals surface area (Å²) in [4.78, 5) is 24.4. The number of amides is 4. The number of primary amides is 1. The SMILES string of the molecule is CCC(C)N(C(N)=O)C(=O)Nc1ccccc1C. The highest BCUT2D eigenvalue weighted by Crippen LogP contribution is 2.15. The molecule has 98 valence electrons. The number of nitrogens with one attached hydrogen (secondary N) is 1. The molecule has 18 heavy (non-hydrogen) atoms. The first kappa shape index (κ1) is 14.0. The molecule has 0 bridgehead atoms. The number of hydrogen-bond acceptors (Lipinski definition) is 2. The highest BCUT2D eigenvalue weighted by atomic mass is 16.2. The molecule has 1 aromatic carbocycles. The fraction of sp³-hybridized carbons (Fsp3) is 0.385. The molecule has 1 atom stereocenters. The predicted molar refractivity (Wildman–Crippen MR) is 71.4 cm³/mol. The van der Waals surface area contributed by atoms with Crippen LogP contribution >= 0.6 is 0 Å². The minimum Gasteiger partial charge on any atom is -0.351 e. The molecule has 0 saturated carbocycles. The first-order chi connectivity index (χ1) is 8.47. The molecule has 0 heterocycles. The second-order valence-electron chi connectivity index (χ2n) is 4.21. The van der Waals surface area contributed by atoms with E-state index in [2.05, 4.69) is 5.32 Å². The van der Waals surface area contributed by atoms with Crippen molar-refractivity contribution in [3.05, 3.63) is 29.8 Å². The maximum absolute atomic E-state index is 12.0. The number of carbonyl (C=O) groups is 2. The summed E-state index contributed by atoms with van der Waals surface area (Å²) in [6.07, 6.45) is 0.657. The molecule has 0 aliphatic carbocycles. The molecule has 1 unspecified atom stereocenters. The minimum atomic E-state index is -0.740. The van der Waals surface area contributed by atoms with Gasteiger partial charge in [-0.1, -0.05) is 25.1 Å². The number of aryl methyl sites for hydroxylation is 1. The van der Waals surface area contributed by atoms with Crippen molar-refractivity contribution in [3.8, 4) is 0 Å². The van der Waals surface area contributed by atoms with Crippen molar-refractivity contribution in [2.75, 3.05) is 5.32 Å². The first-order valence-corrected chi connectivity index (χ1v) is 5.92. The Bertz CT molecular complexity index is 446. The fourth-order valence-corrected chi connectivity index (χ4v) is 1.59. The molecule has 1 aromatic rings. The van der Waals surface area contributed by atoms with Gasteiger partial charge in [-0.25, -0.2) is 14.5 Å². The lowest BCUT2D eigenvalue weighted by molar-refractivity contribution is 0.185. The lowest BCUT2D eigenvalue weighted by atomic mass is 10.2. The Kier molecular flexibility index (Phi) is 4.71. The molecule has 0 spiro atoms. The van der Waals surface area contributed by atoms with Crippen LogP contribution in [0.1, 0.15) is 25.8 Å². The van der Waals surface area contributed by atoms with Gasteiger partial charge >= 0.3 is 12.1 Å². The minimum absolute atomic E-state index is 0.230. The van der Waals surface area contributed by atoms with E-state index in [1.54, 1.807) is 13.0 Å². The van der Waals surface area contributed by atoms with Gasteiger partial charge in [-0.15, -0.1) is 0 Å². The van der Waals surface area contributed by atoms with Gasteiger partial charge in [0.2, 0.25) is 0 Å². The van der Waals surface area contributed by atoms with Gasteiger partial charge in [0.25, 0.3) is 0 Å². The van der Waals surface area contributed by atoms with Crippen LogP contribution in [0.25, 0.3) is 0 Å². The summed E-state index contributed by atoms with van der Waals surface area (Å²) < 4.78 is 0. The lowest BCUT2D eigenvalue weighted by Crippen LogP contribution is -2.48. The highest BCUT2D eigenvalue weighted by molar-refractivity contribution is 6.00. The van der Waals surface area contributed by atoms with E-state index in [-0.39, 0.29) is 6.04 Å². The van der Waals surface area contributed by atoms with Crippen molar-refractivity contribution in [2.24, 2.45) is 5.73 Å². The number of urea groups is 2. The van der Waals surface area contributed by atoms with Crippen molar-refractivity contribution >= 4 is 17.7 Å². The summed E-state index contributed by atoms with van der Waals surface area (Å²) in [7, 11) is 0. The van der Waals surface area contributed by atoms with Gasteiger partial charge in [0, 0.05) is 11.7 Å². The average molecular weight is 249 g/mol. The number of carbonyl (C=O) groups excluding carboxylic acids is 2. The predicted octanol–water partition coefficient (Wildman–Crippen LogP) is 2.71. The molecular weight excluding hydrogens is 230 g/mol. The number of anilines is 1.